The van der Waals surface area contributed by atoms with E-state index in [4.69, 9.17) is 4.74 Å². The highest BCUT2D eigenvalue weighted by molar-refractivity contribution is 9.10. The van der Waals surface area contributed by atoms with Gasteiger partial charge in [-0.3, -0.25) is 9.59 Å². The summed E-state index contributed by atoms with van der Waals surface area (Å²) in [5.74, 6) is 0.388. The van der Waals surface area contributed by atoms with E-state index in [2.05, 4.69) is 26.3 Å². The number of methoxy groups -OCH3 is 1. The molecule has 0 bridgehead atoms. The minimum Gasteiger partial charge on any atom is -0.494 e. The van der Waals surface area contributed by atoms with Crippen LogP contribution in [0.3, 0.4) is 0 Å². The normalized spacial score (nSPS) is 13.5. The van der Waals surface area contributed by atoms with Crippen LogP contribution in [0.2, 0.25) is 0 Å². The number of ether oxygens (including phenoxy) is 1. The lowest BCUT2D eigenvalue weighted by atomic mass is 10.1. The predicted octanol–water partition coefficient (Wildman–Crippen LogP) is 4.64. The predicted molar refractivity (Wildman–Crippen MR) is 123 cm³/mol. The second-order valence-corrected chi connectivity index (χ2v) is 8.34. The fraction of sp³-hybridized carbons (Fsp3) is 0.261. The Morgan fingerprint density at radius 2 is 1.90 bits per heavy atom. The number of rotatable bonds is 5. The Kier molecular flexibility index (Phi) is 5.82. The number of anilines is 2. The van der Waals surface area contributed by atoms with Crippen LogP contribution in [-0.2, 0) is 4.79 Å². The molecule has 7 nitrogen and oxygen atoms in total. The molecular formula is C23H23BrN4O3. The maximum Gasteiger partial charge on any atom is 0.259 e. The number of aromatic nitrogens is 2. The number of aryl methyl sites for hydroxylation is 1. The molecule has 0 atom stereocenters. The van der Waals surface area contributed by atoms with Crippen LogP contribution in [0, 0.1) is 13.8 Å². The lowest BCUT2D eigenvalue weighted by molar-refractivity contribution is -0.117. The molecule has 0 aliphatic carbocycles. The second kappa shape index (κ2) is 8.55. The van der Waals surface area contributed by atoms with Crippen molar-refractivity contribution in [3.8, 4) is 11.4 Å². The van der Waals surface area contributed by atoms with Crippen molar-refractivity contribution in [1.82, 2.24) is 9.78 Å². The molecule has 1 saturated heterocycles. The molecule has 2 heterocycles. The van der Waals surface area contributed by atoms with Gasteiger partial charge in [0.15, 0.2) is 0 Å². The van der Waals surface area contributed by atoms with Gasteiger partial charge in [-0.15, -0.1) is 0 Å². The second-order valence-electron chi connectivity index (χ2n) is 7.42. The summed E-state index contributed by atoms with van der Waals surface area (Å²) in [5.41, 5.74) is 4.11. The highest BCUT2D eigenvalue weighted by Gasteiger charge is 2.25. The van der Waals surface area contributed by atoms with E-state index in [-0.39, 0.29) is 11.8 Å². The lowest BCUT2D eigenvalue weighted by Gasteiger charge is -2.19. The van der Waals surface area contributed by atoms with Gasteiger partial charge in [0.25, 0.3) is 5.91 Å². The van der Waals surface area contributed by atoms with E-state index < -0.39 is 0 Å². The average molecular weight is 483 g/mol. The topological polar surface area (TPSA) is 76.5 Å². The van der Waals surface area contributed by atoms with Gasteiger partial charge in [-0.05, 0) is 56.7 Å². The number of amides is 2. The fourth-order valence-corrected chi connectivity index (χ4v) is 4.14. The molecule has 8 heteroatoms. The summed E-state index contributed by atoms with van der Waals surface area (Å²) in [6, 6.07) is 13.1. The summed E-state index contributed by atoms with van der Waals surface area (Å²) in [5, 5.41) is 7.49. The Bertz CT molecular complexity index is 1150. The molecule has 1 aliphatic heterocycles. The van der Waals surface area contributed by atoms with Crippen molar-refractivity contribution in [2.24, 2.45) is 0 Å². The maximum absolute atomic E-state index is 13.1. The molecule has 1 aromatic heterocycles. The van der Waals surface area contributed by atoms with Gasteiger partial charge >= 0.3 is 0 Å². The SMILES string of the molecule is COc1cc(NC(=O)c2c(C)nn(-c3ccc(Br)cc3)c2C)ccc1N1CCCC1=O. The van der Waals surface area contributed by atoms with Crippen LogP contribution in [0.1, 0.15) is 34.6 Å². The fourth-order valence-electron chi connectivity index (χ4n) is 3.88. The van der Waals surface area contributed by atoms with Crippen molar-refractivity contribution in [2.75, 3.05) is 23.9 Å². The molecular weight excluding hydrogens is 460 g/mol. The Hall–Kier alpha value is -3.13. The molecule has 0 saturated carbocycles. The number of nitrogens with zero attached hydrogens (tertiary/aromatic N) is 3. The van der Waals surface area contributed by atoms with Crippen LogP contribution in [0.5, 0.6) is 5.75 Å². The Morgan fingerprint density at radius 3 is 2.55 bits per heavy atom. The number of carbonyl (C=O) groups excluding carboxylic acids is 2. The molecule has 31 heavy (non-hydrogen) atoms. The molecule has 2 aromatic carbocycles. The Balaban J connectivity index is 1.60. The standard InChI is InChI=1S/C23H23BrN4O3/c1-14-22(15(2)28(26-14)18-9-6-16(24)7-10-18)23(30)25-17-8-11-19(20(13-17)31-3)27-12-4-5-21(27)29/h6-11,13H,4-5,12H2,1-3H3,(H,25,30). The third-order valence-electron chi connectivity index (χ3n) is 5.39. The van der Waals surface area contributed by atoms with Crippen molar-refractivity contribution in [1.29, 1.82) is 0 Å². The van der Waals surface area contributed by atoms with Crippen LogP contribution in [-0.4, -0.2) is 35.2 Å². The monoisotopic (exact) mass is 482 g/mol. The van der Waals surface area contributed by atoms with Crippen molar-refractivity contribution < 1.29 is 14.3 Å². The summed E-state index contributed by atoms with van der Waals surface area (Å²) in [6.45, 7) is 4.37. The number of carbonyl (C=O) groups is 2. The van der Waals surface area contributed by atoms with Gasteiger partial charge in [0.05, 0.1) is 35.4 Å². The Morgan fingerprint density at radius 1 is 1.16 bits per heavy atom. The van der Waals surface area contributed by atoms with E-state index in [1.807, 2.05) is 44.2 Å². The van der Waals surface area contributed by atoms with Gasteiger partial charge in [-0.25, -0.2) is 4.68 Å². The van der Waals surface area contributed by atoms with E-state index in [1.165, 1.54) is 0 Å². The van der Waals surface area contributed by atoms with Gasteiger partial charge in [0.2, 0.25) is 5.91 Å². The molecule has 0 spiro atoms. The zero-order chi connectivity index (χ0) is 22.1. The summed E-state index contributed by atoms with van der Waals surface area (Å²) in [7, 11) is 1.56. The van der Waals surface area contributed by atoms with E-state index in [9.17, 15) is 9.59 Å². The average Bonchev–Trinajstić information content (AvgIpc) is 3.30. The van der Waals surface area contributed by atoms with Crippen LogP contribution in [0.25, 0.3) is 5.69 Å². The number of nitrogens with one attached hydrogen (secondary N) is 1. The van der Waals surface area contributed by atoms with E-state index in [0.29, 0.717) is 35.7 Å². The van der Waals surface area contributed by atoms with Gasteiger partial charge < -0.3 is 15.0 Å². The van der Waals surface area contributed by atoms with Crippen LogP contribution in [0.4, 0.5) is 11.4 Å². The summed E-state index contributed by atoms with van der Waals surface area (Å²) in [6.07, 6.45) is 1.38. The summed E-state index contributed by atoms with van der Waals surface area (Å²) >= 11 is 3.43. The first-order chi connectivity index (χ1) is 14.9. The first-order valence-corrected chi connectivity index (χ1v) is 10.8. The number of hydrogen-bond donors (Lipinski definition) is 1. The lowest BCUT2D eigenvalue weighted by Crippen LogP contribution is -2.24. The van der Waals surface area contributed by atoms with Gasteiger partial charge in [-0.1, -0.05) is 15.9 Å². The third kappa shape index (κ3) is 4.07. The van der Waals surface area contributed by atoms with Gasteiger partial charge in [0.1, 0.15) is 5.75 Å². The maximum atomic E-state index is 13.1. The molecule has 2 amide bonds. The van der Waals surface area contributed by atoms with Crippen molar-refractivity contribution in [3.05, 3.63) is 63.9 Å². The highest BCUT2D eigenvalue weighted by Crippen LogP contribution is 2.34. The molecule has 0 unspecified atom stereocenters. The number of hydrogen-bond acceptors (Lipinski definition) is 4. The van der Waals surface area contributed by atoms with Crippen molar-refractivity contribution >= 4 is 39.1 Å². The quantitative estimate of drug-likeness (QED) is 0.574. The first-order valence-electron chi connectivity index (χ1n) is 10.0. The first kappa shape index (κ1) is 21.1. The molecule has 1 N–H and O–H groups in total. The van der Waals surface area contributed by atoms with E-state index >= 15 is 0 Å². The van der Waals surface area contributed by atoms with E-state index in [0.717, 1.165) is 28.0 Å². The molecule has 4 rings (SSSR count). The smallest absolute Gasteiger partial charge is 0.259 e. The zero-order valence-electron chi connectivity index (χ0n) is 17.6. The Labute approximate surface area is 189 Å². The number of halogens is 1. The minimum absolute atomic E-state index is 0.0849. The van der Waals surface area contributed by atoms with Crippen LogP contribution in [0.15, 0.2) is 46.9 Å². The van der Waals surface area contributed by atoms with E-state index in [1.54, 1.807) is 28.8 Å². The highest BCUT2D eigenvalue weighted by atomic mass is 79.9. The summed E-state index contributed by atoms with van der Waals surface area (Å²) in [4.78, 5) is 26.9. The van der Waals surface area contributed by atoms with Crippen molar-refractivity contribution in [3.63, 3.8) is 0 Å². The molecule has 160 valence electrons. The zero-order valence-corrected chi connectivity index (χ0v) is 19.2. The van der Waals surface area contributed by atoms with Gasteiger partial charge in [0, 0.05) is 29.2 Å². The third-order valence-corrected chi connectivity index (χ3v) is 5.92. The van der Waals surface area contributed by atoms with Gasteiger partial charge in [-0.2, -0.15) is 5.10 Å². The molecule has 3 aromatic rings. The molecule has 0 radical (unpaired) electrons. The van der Waals surface area contributed by atoms with Crippen LogP contribution >= 0.6 is 15.9 Å². The van der Waals surface area contributed by atoms with Crippen molar-refractivity contribution in [2.45, 2.75) is 26.7 Å². The minimum atomic E-state index is -0.245. The number of benzene rings is 2. The largest absolute Gasteiger partial charge is 0.494 e. The van der Waals surface area contributed by atoms with Crippen LogP contribution < -0.4 is 15.0 Å². The molecule has 1 fully saturated rings. The summed E-state index contributed by atoms with van der Waals surface area (Å²) < 4.78 is 8.23. The molecule has 1 aliphatic rings.